The number of allylic oxidation sites excluding steroid dienone is 1. The van der Waals surface area contributed by atoms with Crippen LogP contribution in [-0.2, 0) is 16.0 Å². The lowest BCUT2D eigenvalue weighted by molar-refractivity contribution is -0.148. The third-order valence-electron chi connectivity index (χ3n) is 8.70. The van der Waals surface area contributed by atoms with E-state index in [2.05, 4.69) is 10.5 Å². The Morgan fingerprint density at radius 2 is 1.86 bits per heavy atom. The summed E-state index contributed by atoms with van der Waals surface area (Å²) in [7, 11) is 3.13. The zero-order chi connectivity index (χ0) is 31.7. The highest BCUT2D eigenvalue weighted by Crippen LogP contribution is 2.53. The minimum Gasteiger partial charge on any atom is -0.510 e. The van der Waals surface area contributed by atoms with E-state index in [9.17, 15) is 39.6 Å². The van der Waals surface area contributed by atoms with Crippen molar-refractivity contribution in [3.8, 4) is 16.9 Å². The van der Waals surface area contributed by atoms with Crippen molar-refractivity contribution in [3.05, 3.63) is 88.2 Å². The van der Waals surface area contributed by atoms with Gasteiger partial charge in [-0.2, -0.15) is 0 Å². The summed E-state index contributed by atoms with van der Waals surface area (Å²) >= 11 is 0. The maximum atomic E-state index is 14.0. The number of benzene rings is 2. The molecule has 3 aliphatic carbocycles. The second-order valence-electron chi connectivity index (χ2n) is 11.4. The minimum atomic E-state index is -2.71. The molecular weight excluding hydrogens is 572 g/mol. The number of fused-ring (bicyclic) bond motifs is 3. The second-order valence-corrected chi connectivity index (χ2v) is 11.4. The first-order valence-electron chi connectivity index (χ1n) is 13.7. The summed E-state index contributed by atoms with van der Waals surface area (Å²) in [6.45, 7) is 0. The van der Waals surface area contributed by atoms with Gasteiger partial charge in [0.15, 0.2) is 11.4 Å². The number of Topliss-reactive ketones (excluding diaryl/α,β-unsaturated/α-hetero) is 2. The molecule has 13 nitrogen and oxygen atoms in total. The number of phenolic OH excluding ortho intramolecular Hbond substituents is 1. The van der Waals surface area contributed by atoms with Crippen molar-refractivity contribution in [1.82, 2.24) is 10.1 Å². The Morgan fingerprint density at radius 3 is 2.52 bits per heavy atom. The number of amides is 2. The minimum absolute atomic E-state index is 0.0143. The maximum Gasteiger partial charge on any atom is 0.294 e. The molecule has 3 aliphatic rings. The lowest BCUT2D eigenvalue weighted by atomic mass is 9.58. The Kier molecular flexibility index (Phi) is 6.67. The van der Waals surface area contributed by atoms with Gasteiger partial charge in [0.1, 0.15) is 22.8 Å². The molecular formula is C31H28N4O9. The summed E-state index contributed by atoms with van der Waals surface area (Å²) in [4.78, 5) is 53.6. The molecule has 0 bridgehead atoms. The number of hydrogen-bond acceptors (Lipinski definition) is 11. The Morgan fingerprint density at radius 1 is 1.11 bits per heavy atom. The molecule has 44 heavy (non-hydrogen) atoms. The van der Waals surface area contributed by atoms with E-state index in [1.54, 1.807) is 44.4 Å². The number of primary amides is 1. The topological polar surface area (TPSA) is 217 Å². The van der Waals surface area contributed by atoms with Crippen LogP contribution in [0.25, 0.3) is 11.1 Å². The average molecular weight is 601 g/mol. The summed E-state index contributed by atoms with van der Waals surface area (Å²) in [5.41, 5.74) is 3.51. The number of aromatic hydroxyl groups is 1. The molecule has 3 aromatic rings. The highest BCUT2D eigenvalue weighted by atomic mass is 16.5. The number of aliphatic hydroxyl groups is 3. The van der Waals surface area contributed by atoms with Gasteiger partial charge in [-0.05, 0) is 67.7 Å². The van der Waals surface area contributed by atoms with Gasteiger partial charge in [0.05, 0.1) is 17.8 Å². The lowest BCUT2D eigenvalue weighted by Crippen LogP contribution is -2.63. The molecule has 1 aromatic heterocycles. The van der Waals surface area contributed by atoms with Crippen LogP contribution in [0.15, 0.2) is 75.8 Å². The van der Waals surface area contributed by atoms with Crippen LogP contribution in [-0.4, -0.2) is 79.6 Å². The van der Waals surface area contributed by atoms with Gasteiger partial charge in [-0.25, -0.2) is 0 Å². The molecule has 6 rings (SSSR count). The first kappa shape index (κ1) is 28.8. The van der Waals surface area contributed by atoms with E-state index >= 15 is 0 Å². The smallest absolute Gasteiger partial charge is 0.294 e. The van der Waals surface area contributed by atoms with Gasteiger partial charge in [-0.1, -0.05) is 23.4 Å². The van der Waals surface area contributed by atoms with Gasteiger partial charge in [0, 0.05) is 23.2 Å². The number of likely N-dealkylation sites (N-methyl/N-ethyl adjacent to an activating group) is 1. The number of nitrogens with two attached hydrogens (primary N) is 1. The summed E-state index contributed by atoms with van der Waals surface area (Å²) in [5.74, 6) is -7.67. The number of phenols is 1. The number of carbonyl (C=O) groups is 4. The molecule has 13 heteroatoms. The van der Waals surface area contributed by atoms with E-state index in [0.29, 0.717) is 22.4 Å². The van der Waals surface area contributed by atoms with E-state index in [1.807, 2.05) is 0 Å². The van der Waals surface area contributed by atoms with Crippen LogP contribution in [0.3, 0.4) is 0 Å². The van der Waals surface area contributed by atoms with E-state index in [1.165, 1.54) is 23.2 Å². The van der Waals surface area contributed by atoms with Crippen molar-refractivity contribution in [1.29, 1.82) is 0 Å². The second kappa shape index (κ2) is 10.2. The van der Waals surface area contributed by atoms with Gasteiger partial charge in [0.25, 0.3) is 11.8 Å². The Hall–Kier alpha value is -5.27. The lowest BCUT2D eigenvalue weighted by Gasteiger charge is -2.50. The predicted molar refractivity (Wildman–Crippen MR) is 154 cm³/mol. The van der Waals surface area contributed by atoms with Crippen molar-refractivity contribution < 1.29 is 44.1 Å². The Bertz CT molecular complexity index is 1820. The summed E-state index contributed by atoms with van der Waals surface area (Å²) in [6, 6.07) is 10.1. The van der Waals surface area contributed by atoms with E-state index in [-0.39, 0.29) is 35.5 Å². The molecule has 2 aromatic carbocycles. The van der Waals surface area contributed by atoms with Gasteiger partial charge in [-0.15, -0.1) is 0 Å². The SMILES string of the molecule is CN(C)[C@H]1C(O)=C(C(N)=O)C(=O)[C@@]2(O)C(O)=C3C(=O)c4c(O)ccc(-c5cccc(NC(=O)c6ccno6)c5)c4C[C@H]3C[C@@H]12. The third kappa shape index (κ3) is 4.12. The molecule has 2 amide bonds. The third-order valence-corrected chi connectivity index (χ3v) is 8.70. The monoisotopic (exact) mass is 600 g/mol. The number of nitrogens with zero attached hydrogens (tertiary/aromatic N) is 2. The van der Waals surface area contributed by atoms with Crippen LogP contribution in [0.1, 0.15) is 32.9 Å². The van der Waals surface area contributed by atoms with Crippen LogP contribution in [0.2, 0.25) is 0 Å². The number of aromatic nitrogens is 1. The number of aliphatic hydroxyl groups excluding tert-OH is 2. The predicted octanol–water partition coefficient (Wildman–Crippen LogP) is 2.03. The maximum absolute atomic E-state index is 14.0. The summed E-state index contributed by atoms with van der Waals surface area (Å²) < 4.78 is 4.90. The number of ketones is 2. The van der Waals surface area contributed by atoms with Crippen molar-refractivity contribution in [2.24, 2.45) is 17.6 Å². The fraction of sp³-hybridized carbons (Fsp3) is 0.258. The first-order valence-corrected chi connectivity index (χ1v) is 13.7. The molecule has 0 spiro atoms. The van der Waals surface area contributed by atoms with Gasteiger partial charge >= 0.3 is 0 Å². The quantitative estimate of drug-likeness (QED) is 0.233. The fourth-order valence-electron chi connectivity index (χ4n) is 6.81. The number of hydrogen-bond donors (Lipinski definition) is 6. The normalized spacial score (nSPS) is 24.6. The largest absolute Gasteiger partial charge is 0.510 e. The highest BCUT2D eigenvalue weighted by Gasteiger charge is 2.63. The fourth-order valence-corrected chi connectivity index (χ4v) is 6.81. The molecule has 0 saturated heterocycles. The highest BCUT2D eigenvalue weighted by molar-refractivity contribution is 6.25. The molecule has 7 N–H and O–H groups in total. The van der Waals surface area contributed by atoms with Gasteiger partial charge in [-0.3, -0.25) is 24.1 Å². The Balaban J connectivity index is 1.45. The van der Waals surface area contributed by atoms with E-state index < -0.39 is 64.0 Å². The van der Waals surface area contributed by atoms with Crippen LogP contribution in [0, 0.1) is 11.8 Å². The zero-order valence-electron chi connectivity index (χ0n) is 23.6. The van der Waals surface area contributed by atoms with Gasteiger partial charge in [0.2, 0.25) is 11.5 Å². The molecule has 0 aliphatic heterocycles. The molecule has 1 heterocycles. The van der Waals surface area contributed by atoms with Crippen molar-refractivity contribution in [2.75, 3.05) is 19.4 Å². The number of rotatable bonds is 5. The Labute approximate surface area is 249 Å². The average Bonchev–Trinajstić information content (AvgIpc) is 3.50. The number of carbonyl (C=O) groups excluding carboxylic acids is 4. The summed E-state index contributed by atoms with van der Waals surface area (Å²) in [5, 5.41) is 51.2. The zero-order valence-corrected chi connectivity index (χ0v) is 23.6. The molecule has 0 unspecified atom stereocenters. The van der Waals surface area contributed by atoms with E-state index in [0.717, 1.165) is 0 Å². The van der Waals surface area contributed by atoms with Crippen molar-refractivity contribution in [2.45, 2.75) is 24.5 Å². The van der Waals surface area contributed by atoms with E-state index in [4.69, 9.17) is 10.3 Å². The van der Waals surface area contributed by atoms with Crippen LogP contribution in [0.5, 0.6) is 5.75 Å². The van der Waals surface area contributed by atoms with Gasteiger partial charge < -0.3 is 36.0 Å². The van der Waals surface area contributed by atoms with Crippen LogP contribution >= 0.6 is 0 Å². The molecule has 0 saturated carbocycles. The standard InChI is InChI=1S/C31H28N4O9/c1-35(2)24-18-12-14-11-17-16(13-4-3-5-15(10-13)34-30(42)20-8-9-33-44-20)6-7-19(36)22(17)25(37)21(14)27(39)31(18,43)28(40)23(26(24)38)29(32)41/h3-10,14,18,24,36,38-39,43H,11-12H2,1-2H3,(H2,32,41)(H,34,42)/t14-,18-,24+,31-/m0/s1. The summed E-state index contributed by atoms with van der Waals surface area (Å²) in [6.07, 6.45) is 1.43. The number of anilines is 1. The van der Waals surface area contributed by atoms with Crippen LogP contribution in [0.4, 0.5) is 5.69 Å². The first-order chi connectivity index (χ1) is 20.9. The van der Waals surface area contributed by atoms with Crippen molar-refractivity contribution >= 4 is 29.1 Å². The molecule has 0 radical (unpaired) electrons. The van der Waals surface area contributed by atoms with Crippen molar-refractivity contribution in [3.63, 3.8) is 0 Å². The molecule has 4 atom stereocenters. The molecule has 0 fully saturated rings. The number of nitrogens with one attached hydrogen (secondary N) is 1. The molecule has 226 valence electrons. The van der Waals surface area contributed by atoms with Crippen LogP contribution < -0.4 is 11.1 Å².